The second kappa shape index (κ2) is 8.26. The molecular weight excluding hydrogens is 436 g/mol. The van der Waals surface area contributed by atoms with Crippen LogP contribution < -0.4 is 5.56 Å². The molecule has 1 aliphatic rings. The fraction of sp³-hybridized carbons (Fsp3) is 0.231. The van der Waals surface area contributed by atoms with Crippen LogP contribution in [0.1, 0.15) is 34.6 Å². The smallest absolute Gasteiger partial charge is 0.263 e. The lowest BCUT2D eigenvalue weighted by Crippen LogP contribution is -2.24. The quantitative estimate of drug-likeness (QED) is 0.225. The number of fused-ring (bicyclic) bond motifs is 4. The molecule has 3 aromatic heterocycles. The third-order valence-corrected chi connectivity index (χ3v) is 8.38. The number of nitrogens with zero attached hydrogens (tertiary/aromatic N) is 2. The van der Waals surface area contributed by atoms with E-state index in [-0.39, 0.29) is 5.56 Å². The summed E-state index contributed by atoms with van der Waals surface area (Å²) < 4.78 is 7.38. The van der Waals surface area contributed by atoms with Gasteiger partial charge in [-0.3, -0.25) is 9.36 Å². The zero-order valence-corrected chi connectivity index (χ0v) is 19.2. The van der Waals surface area contributed by atoms with E-state index in [1.807, 2.05) is 12.1 Å². The van der Waals surface area contributed by atoms with Gasteiger partial charge in [0.05, 0.1) is 18.2 Å². The van der Waals surface area contributed by atoms with Gasteiger partial charge in [-0.2, -0.15) is 0 Å². The highest BCUT2D eigenvalue weighted by atomic mass is 32.2. The topological polar surface area (TPSA) is 48.0 Å². The summed E-state index contributed by atoms with van der Waals surface area (Å²) in [7, 11) is 0. The van der Waals surface area contributed by atoms with Crippen molar-refractivity contribution in [1.29, 1.82) is 0 Å². The van der Waals surface area contributed by atoms with Crippen LogP contribution in [0.5, 0.6) is 0 Å². The average Bonchev–Trinajstić information content (AvgIpc) is 3.47. The molecule has 6 heteroatoms. The average molecular weight is 459 g/mol. The van der Waals surface area contributed by atoms with Gasteiger partial charge in [-0.25, -0.2) is 4.98 Å². The summed E-state index contributed by atoms with van der Waals surface area (Å²) in [5, 5.41) is 4.05. The summed E-state index contributed by atoms with van der Waals surface area (Å²) in [5.74, 6) is 1.52. The van der Waals surface area contributed by atoms with Crippen LogP contribution >= 0.6 is 23.1 Å². The van der Waals surface area contributed by atoms with Crippen molar-refractivity contribution in [2.24, 2.45) is 0 Å². The molecule has 2 aromatic carbocycles. The first kappa shape index (κ1) is 19.8. The summed E-state index contributed by atoms with van der Waals surface area (Å²) in [5.41, 5.74) is 2.54. The summed E-state index contributed by atoms with van der Waals surface area (Å²) in [6, 6.07) is 18.6. The van der Waals surface area contributed by atoms with Gasteiger partial charge in [0.25, 0.3) is 5.56 Å². The van der Waals surface area contributed by atoms with Crippen molar-refractivity contribution in [3.63, 3.8) is 0 Å². The fourth-order valence-electron chi connectivity index (χ4n) is 4.59. The minimum absolute atomic E-state index is 0.0613. The molecule has 0 spiro atoms. The van der Waals surface area contributed by atoms with Gasteiger partial charge in [0.15, 0.2) is 5.16 Å². The van der Waals surface area contributed by atoms with Crippen molar-refractivity contribution in [1.82, 2.24) is 9.55 Å². The number of aryl methyl sites for hydroxylation is 2. The van der Waals surface area contributed by atoms with Crippen LogP contribution in [0.4, 0.5) is 0 Å². The Bertz CT molecular complexity index is 1480. The van der Waals surface area contributed by atoms with Crippen LogP contribution in [0, 0.1) is 0 Å². The van der Waals surface area contributed by atoms with Gasteiger partial charge in [-0.05, 0) is 59.7 Å². The molecule has 6 rings (SSSR count). The first-order valence-corrected chi connectivity index (χ1v) is 12.7. The standard InChI is InChI=1S/C26H22N2O2S2/c29-25-23-21-12-3-4-13-22(21)32-24(23)27-26(28(25)15-19-10-6-14-30-19)31-16-18-9-5-8-17-7-1-2-11-20(17)18/h1-2,5-11,14H,3-4,12-13,15-16H2. The number of thioether (sulfide) groups is 1. The predicted octanol–water partition coefficient (Wildman–Crippen LogP) is 6.42. The Labute approximate surface area is 193 Å². The minimum atomic E-state index is 0.0613. The number of hydrogen-bond donors (Lipinski definition) is 0. The summed E-state index contributed by atoms with van der Waals surface area (Å²) >= 11 is 3.34. The number of rotatable bonds is 5. The van der Waals surface area contributed by atoms with Crippen molar-refractivity contribution in [3.8, 4) is 0 Å². The Balaban J connectivity index is 1.45. The van der Waals surface area contributed by atoms with Gasteiger partial charge >= 0.3 is 0 Å². The Morgan fingerprint density at radius 3 is 2.81 bits per heavy atom. The number of benzene rings is 2. The van der Waals surface area contributed by atoms with Gasteiger partial charge in [-0.1, -0.05) is 54.2 Å². The molecule has 0 saturated heterocycles. The maximum absolute atomic E-state index is 13.7. The SMILES string of the molecule is O=c1c2c3c(sc2nc(SCc2cccc4ccccc24)n1Cc1ccco1)CCCC3. The molecule has 1 aliphatic carbocycles. The van der Waals surface area contributed by atoms with Crippen molar-refractivity contribution >= 4 is 44.1 Å². The van der Waals surface area contributed by atoms with Crippen LogP contribution in [0.3, 0.4) is 0 Å². The summed E-state index contributed by atoms with van der Waals surface area (Å²) in [6.07, 6.45) is 6.04. The minimum Gasteiger partial charge on any atom is -0.467 e. The van der Waals surface area contributed by atoms with Gasteiger partial charge in [0, 0.05) is 10.6 Å². The Hall–Kier alpha value is -2.83. The lowest BCUT2D eigenvalue weighted by Gasteiger charge is -2.13. The van der Waals surface area contributed by atoms with Crippen LogP contribution in [0.15, 0.2) is 75.2 Å². The molecule has 0 atom stereocenters. The highest BCUT2D eigenvalue weighted by Gasteiger charge is 2.22. The molecule has 0 amide bonds. The van der Waals surface area contributed by atoms with Crippen LogP contribution in [0.25, 0.3) is 21.0 Å². The van der Waals surface area contributed by atoms with E-state index in [0.717, 1.165) is 46.1 Å². The molecule has 0 N–H and O–H groups in total. The van der Waals surface area contributed by atoms with Gasteiger partial charge < -0.3 is 4.42 Å². The molecule has 32 heavy (non-hydrogen) atoms. The molecule has 5 aromatic rings. The Kier molecular flexibility index (Phi) is 5.12. The predicted molar refractivity (Wildman–Crippen MR) is 132 cm³/mol. The molecule has 0 radical (unpaired) electrons. The van der Waals surface area contributed by atoms with Crippen LogP contribution in [-0.2, 0) is 25.1 Å². The van der Waals surface area contributed by atoms with E-state index >= 15 is 0 Å². The van der Waals surface area contributed by atoms with Crippen LogP contribution in [-0.4, -0.2) is 9.55 Å². The third kappa shape index (κ3) is 3.48. The fourth-order valence-corrected chi connectivity index (χ4v) is 6.89. The molecular formula is C26H22N2O2S2. The summed E-state index contributed by atoms with van der Waals surface area (Å²) in [6.45, 7) is 0.400. The summed E-state index contributed by atoms with van der Waals surface area (Å²) in [4.78, 5) is 21.0. The van der Waals surface area contributed by atoms with Gasteiger partial charge in [0.2, 0.25) is 0 Å². The van der Waals surface area contributed by atoms with E-state index < -0.39 is 0 Å². The van der Waals surface area contributed by atoms with Crippen LogP contribution in [0.2, 0.25) is 0 Å². The van der Waals surface area contributed by atoms with E-state index in [4.69, 9.17) is 9.40 Å². The maximum Gasteiger partial charge on any atom is 0.263 e. The number of hydrogen-bond acceptors (Lipinski definition) is 5. The molecule has 3 heterocycles. The molecule has 0 saturated carbocycles. The normalized spacial score (nSPS) is 13.6. The zero-order chi connectivity index (χ0) is 21.5. The van der Waals surface area contributed by atoms with Crippen molar-refractivity contribution in [2.75, 3.05) is 0 Å². The second-order valence-corrected chi connectivity index (χ2v) is 10.2. The first-order valence-electron chi connectivity index (χ1n) is 10.9. The van der Waals surface area contributed by atoms with E-state index in [2.05, 4.69) is 42.5 Å². The number of furan rings is 1. The zero-order valence-electron chi connectivity index (χ0n) is 17.5. The molecule has 4 nitrogen and oxygen atoms in total. The largest absolute Gasteiger partial charge is 0.467 e. The molecule has 0 fully saturated rings. The third-order valence-electron chi connectivity index (χ3n) is 6.17. The number of thiophene rings is 1. The maximum atomic E-state index is 13.7. The highest BCUT2D eigenvalue weighted by Crippen LogP contribution is 2.35. The lowest BCUT2D eigenvalue weighted by atomic mass is 9.97. The molecule has 0 unspecified atom stereocenters. The van der Waals surface area contributed by atoms with Crippen molar-refractivity contribution in [3.05, 3.63) is 93.0 Å². The van der Waals surface area contributed by atoms with E-state index in [1.54, 1.807) is 33.9 Å². The van der Waals surface area contributed by atoms with Crippen molar-refractivity contribution in [2.45, 2.75) is 43.1 Å². The first-order chi connectivity index (χ1) is 15.8. The lowest BCUT2D eigenvalue weighted by molar-refractivity contribution is 0.476. The van der Waals surface area contributed by atoms with Crippen molar-refractivity contribution < 1.29 is 4.42 Å². The van der Waals surface area contributed by atoms with E-state index in [0.29, 0.717) is 6.54 Å². The highest BCUT2D eigenvalue weighted by molar-refractivity contribution is 7.98. The molecule has 0 bridgehead atoms. The second-order valence-electron chi connectivity index (χ2n) is 8.18. The number of aromatic nitrogens is 2. The van der Waals surface area contributed by atoms with Gasteiger partial charge in [0.1, 0.15) is 10.6 Å². The monoisotopic (exact) mass is 458 g/mol. The molecule has 0 aliphatic heterocycles. The van der Waals surface area contributed by atoms with E-state index in [1.165, 1.54) is 33.2 Å². The van der Waals surface area contributed by atoms with E-state index in [9.17, 15) is 4.79 Å². The Morgan fingerprint density at radius 1 is 1.03 bits per heavy atom. The van der Waals surface area contributed by atoms with Gasteiger partial charge in [-0.15, -0.1) is 11.3 Å². The Morgan fingerprint density at radius 2 is 1.91 bits per heavy atom. The molecule has 160 valence electrons.